The molecule has 0 unspecified atom stereocenters. The van der Waals surface area contributed by atoms with E-state index < -0.39 is 0 Å². The number of fused-ring (bicyclic) bond motifs is 1. The van der Waals surface area contributed by atoms with Crippen molar-refractivity contribution in [1.82, 2.24) is 14.5 Å². The smallest absolute Gasteiger partial charge is 0.208 e. The molecule has 1 N–H and O–H groups in total. The van der Waals surface area contributed by atoms with Crippen LogP contribution >= 0.6 is 0 Å². The first-order valence-electron chi connectivity index (χ1n) is 10.9. The van der Waals surface area contributed by atoms with Crippen LogP contribution in [0.4, 0.5) is 17.3 Å². The maximum Gasteiger partial charge on any atom is 0.208 e. The highest BCUT2D eigenvalue weighted by Crippen LogP contribution is 2.38. The van der Waals surface area contributed by atoms with E-state index in [4.69, 9.17) is 4.98 Å². The molecule has 2 saturated carbocycles. The highest BCUT2D eigenvalue weighted by atomic mass is 15.2. The van der Waals surface area contributed by atoms with Gasteiger partial charge in [-0.15, -0.1) is 0 Å². The Morgan fingerprint density at radius 3 is 2.34 bits per heavy atom. The van der Waals surface area contributed by atoms with Crippen LogP contribution in [-0.2, 0) is 7.05 Å². The van der Waals surface area contributed by atoms with Crippen LogP contribution in [0.5, 0.6) is 0 Å². The lowest BCUT2D eigenvalue weighted by molar-refractivity contribution is 0.680. The largest absolute Gasteiger partial charge is 0.369 e. The van der Waals surface area contributed by atoms with E-state index in [1.165, 1.54) is 55.5 Å². The van der Waals surface area contributed by atoms with Crippen molar-refractivity contribution in [2.45, 2.75) is 46.5 Å². The number of aromatic nitrogens is 3. The number of para-hydroxylation sites is 1. The summed E-state index contributed by atoms with van der Waals surface area (Å²) in [5.41, 5.74) is 7.94. The predicted molar refractivity (Wildman–Crippen MR) is 120 cm³/mol. The van der Waals surface area contributed by atoms with Gasteiger partial charge in [0.2, 0.25) is 5.95 Å². The average molecular weight is 390 g/mol. The molecular weight excluding hydrogens is 358 g/mol. The molecule has 3 aromatic rings. The third-order valence-electron chi connectivity index (χ3n) is 6.33. The molecule has 2 aromatic heterocycles. The van der Waals surface area contributed by atoms with Gasteiger partial charge in [0.15, 0.2) is 0 Å². The van der Waals surface area contributed by atoms with Gasteiger partial charge in [-0.3, -0.25) is 4.98 Å². The summed E-state index contributed by atoms with van der Waals surface area (Å²) in [4.78, 5) is 12.2. The van der Waals surface area contributed by atoms with Gasteiger partial charge in [-0.05, 0) is 82.1 Å². The van der Waals surface area contributed by atoms with Crippen molar-refractivity contribution >= 4 is 28.4 Å². The highest BCUT2D eigenvalue weighted by Gasteiger charge is 2.30. The van der Waals surface area contributed by atoms with Gasteiger partial charge < -0.3 is 14.8 Å². The number of nitrogens with zero attached hydrogens (tertiary/aromatic N) is 4. The Kier molecular flexibility index (Phi) is 4.49. The molecule has 5 nitrogen and oxygen atoms in total. The van der Waals surface area contributed by atoms with Crippen LogP contribution in [0.2, 0.25) is 0 Å². The second-order valence-corrected chi connectivity index (χ2v) is 9.10. The second kappa shape index (κ2) is 7.05. The Labute approximate surface area is 173 Å². The Morgan fingerprint density at radius 2 is 1.72 bits per heavy atom. The molecule has 0 spiro atoms. The summed E-state index contributed by atoms with van der Waals surface area (Å²) in [5.74, 6) is 2.62. The third kappa shape index (κ3) is 3.70. The van der Waals surface area contributed by atoms with Crippen molar-refractivity contribution in [1.29, 1.82) is 0 Å². The summed E-state index contributed by atoms with van der Waals surface area (Å²) in [7, 11) is 2.12. The SMILES string of the molecule is Cc1cc(C)c(Nc2nc3cccc(N(CC4CC4)CC4CC4)c3n2C)c(C)n1. The molecule has 2 aliphatic rings. The standard InChI is InChI=1S/C24H31N5/c1-15-12-16(2)25-17(3)22(15)27-24-26-20-6-5-7-21(23(20)28(24)4)29(13-18-8-9-18)14-19-10-11-19/h5-7,12,18-19H,8-11,13-14H2,1-4H3,(H,26,27). The molecule has 2 aliphatic carbocycles. The Hall–Kier alpha value is -2.56. The number of anilines is 3. The van der Waals surface area contributed by atoms with Crippen LogP contribution in [0, 0.1) is 32.6 Å². The quantitative estimate of drug-likeness (QED) is 0.598. The molecule has 0 atom stereocenters. The zero-order valence-electron chi connectivity index (χ0n) is 18.0. The zero-order valence-corrected chi connectivity index (χ0v) is 18.0. The number of hydrogen-bond acceptors (Lipinski definition) is 4. The van der Waals surface area contributed by atoms with Crippen molar-refractivity contribution in [2.24, 2.45) is 18.9 Å². The fourth-order valence-corrected chi connectivity index (χ4v) is 4.44. The van der Waals surface area contributed by atoms with Crippen molar-refractivity contribution in [3.63, 3.8) is 0 Å². The van der Waals surface area contributed by atoms with Gasteiger partial charge in [0.25, 0.3) is 0 Å². The van der Waals surface area contributed by atoms with Crippen LogP contribution < -0.4 is 10.2 Å². The fourth-order valence-electron chi connectivity index (χ4n) is 4.44. The normalized spacial score (nSPS) is 16.4. The summed E-state index contributed by atoms with van der Waals surface area (Å²) in [6.07, 6.45) is 5.53. The van der Waals surface area contributed by atoms with Crippen molar-refractivity contribution in [2.75, 3.05) is 23.3 Å². The summed E-state index contributed by atoms with van der Waals surface area (Å²) in [6.45, 7) is 8.60. The van der Waals surface area contributed by atoms with Crippen LogP contribution in [0.15, 0.2) is 24.3 Å². The Bertz CT molecular complexity index is 1020. The second-order valence-electron chi connectivity index (χ2n) is 9.10. The number of rotatable bonds is 7. The molecule has 0 amide bonds. The molecule has 29 heavy (non-hydrogen) atoms. The molecule has 0 aliphatic heterocycles. The minimum Gasteiger partial charge on any atom is -0.369 e. The van der Waals surface area contributed by atoms with Gasteiger partial charge in [0.1, 0.15) is 0 Å². The third-order valence-corrected chi connectivity index (χ3v) is 6.33. The van der Waals surface area contributed by atoms with Crippen LogP contribution in [0.25, 0.3) is 11.0 Å². The van der Waals surface area contributed by atoms with Gasteiger partial charge >= 0.3 is 0 Å². The average Bonchev–Trinajstić information content (AvgIpc) is 3.59. The summed E-state index contributed by atoms with van der Waals surface area (Å²) in [5, 5.41) is 3.57. The van der Waals surface area contributed by atoms with E-state index in [9.17, 15) is 0 Å². The summed E-state index contributed by atoms with van der Waals surface area (Å²) in [6, 6.07) is 8.69. The number of pyridine rings is 1. The number of imidazole rings is 1. The molecule has 0 saturated heterocycles. The van der Waals surface area contributed by atoms with Crippen LogP contribution in [0.3, 0.4) is 0 Å². The summed E-state index contributed by atoms with van der Waals surface area (Å²) >= 11 is 0. The van der Waals surface area contributed by atoms with Crippen molar-refractivity contribution in [3.05, 3.63) is 41.2 Å². The maximum atomic E-state index is 4.94. The predicted octanol–water partition coefficient (Wildman–Crippen LogP) is 5.26. The molecule has 0 radical (unpaired) electrons. The monoisotopic (exact) mass is 389 g/mol. The van der Waals surface area contributed by atoms with Gasteiger partial charge in [0.05, 0.1) is 28.1 Å². The molecule has 1 aromatic carbocycles. The molecule has 5 heteroatoms. The molecule has 2 fully saturated rings. The Morgan fingerprint density at radius 1 is 1.03 bits per heavy atom. The Balaban J connectivity index is 1.53. The van der Waals surface area contributed by atoms with E-state index in [1.54, 1.807) is 0 Å². The molecular formula is C24H31N5. The maximum absolute atomic E-state index is 4.94. The first-order chi connectivity index (χ1) is 14.0. The van der Waals surface area contributed by atoms with Gasteiger partial charge in [-0.25, -0.2) is 4.98 Å². The summed E-state index contributed by atoms with van der Waals surface area (Å²) < 4.78 is 2.22. The number of hydrogen-bond donors (Lipinski definition) is 1. The zero-order chi connectivity index (χ0) is 20.1. The number of aryl methyl sites for hydroxylation is 4. The van der Waals surface area contributed by atoms with E-state index in [0.717, 1.165) is 40.4 Å². The van der Waals surface area contributed by atoms with Crippen molar-refractivity contribution < 1.29 is 0 Å². The van der Waals surface area contributed by atoms with Gasteiger partial charge in [-0.2, -0.15) is 0 Å². The topological polar surface area (TPSA) is 46.0 Å². The highest BCUT2D eigenvalue weighted by molar-refractivity contribution is 5.91. The molecule has 152 valence electrons. The minimum atomic E-state index is 0.874. The van der Waals surface area contributed by atoms with Crippen LogP contribution in [-0.4, -0.2) is 27.6 Å². The lowest BCUT2D eigenvalue weighted by atomic mass is 10.1. The first-order valence-corrected chi connectivity index (χ1v) is 10.9. The number of benzene rings is 1. The van der Waals surface area contributed by atoms with E-state index >= 15 is 0 Å². The fraction of sp³-hybridized carbons (Fsp3) is 0.500. The van der Waals surface area contributed by atoms with E-state index in [0.29, 0.717) is 0 Å². The molecule has 0 bridgehead atoms. The van der Waals surface area contributed by atoms with E-state index in [1.807, 2.05) is 6.92 Å². The van der Waals surface area contributed by atoms with Gasteiger partial charge in [-0.1, -0.05) is 6.07 Å². The number of nitrogens with one attached hydrogen (secondary N) is 1. The first kappa shape index (κ1) is 18.5. The molecule has 2 heterocycles. The van der Waals surface area contributed by atoms with E-state index in [-0.39, 0.29) is 0 Å². The minimum absolute atomic E-state index is 0.874. The lowest BCUT2D eigenvalue weighted by Crippen LogP contribution is -2.28. The van der Waals surface area contributed by atoms with Crippen molar-refractivity contribution in [3.8, 4) is 0 Å². The van der Waals surface area contributed by atoms with Gasteiger partial charge in [0, 0.05) is 25.8 Å². The molecule has 5 rings (SSSR count). The van der Waals surface area contributed by atoms with E-state index in [2.05, 4.69) is 64.9 Å². The lowest BCUT2D eigenvalue weighted by Gasteiger charge is -2.26. The van der Waals surface area contributed by atoms with Crippen LogP contribution in [0.1, 0.15) is 42.6 Å².